The maximum Gasteiger partial charge on any atom is 0.418 e. The SMILES string of the molecule is C#CCO/C(=C/N=C)N(C)C(C)(/C(F)=C\C)[C@]1(C)CC(C)(C(=O)O)SC(N(COCC[Si](C)(C)C)C(=O)OC(C)(C)C)=N1. The minimum absolute atomic E-state index is 0.0290. The van der Waals surface area contributed by atoms with E-state index in [4.69, 9.17) is 25.6 Å². The van der Waals surface area contributed by atoms with Crippen LogP contribution in [0.1, 0.15) is 54.9 Å². The maximum atomic E-state index is 16.2. The minimum atomic E-state index is -1.64. The van der Waals surface area contributed by atoms with Gasteiger partial charge in [0.15, 0.2) is 11.8 Å². The number of amidine groups is 1. The highest BCUT2D eigenvalue weighted by Gasteiger charge is 2.59. The van der Waals surface area contributed by atoms with Crippen LogP contribution < -0.4 is 0 Å². The summed E-state index contributed by atoms with van der Waals surface area (Å²) in [6.07, 6.45) is 7.09. The largest absolute Gasteiger partial charge is 0.480 e. The number of carbonyl (C=O) groups excluding carboxylic acids is 1. The van der Waals surface area contributed by atoms with E-state index in [1.165, 1.54) is 35.9 Å². The number of thioether (sulfide) groups is 1. The maximum absolute atomic E-state index is 16.2. The Hall–Kier alpha value is -2.82. The summed E-state index contributed by atoms with van der Waals surface area (Å²) in [5.41, 5.74) is -4.00. The van der Waals surface area contributed by atoms with Gasteiger partial charge in [0, 0.05) is 28.1 Å². The molecule has 1 rings (SSSR count). The number of halogens is 1. The topological polar surface area (TPSA) is 113 Å². The molecule has 1 aliphatic heterocycles. The van der Waals surface area contributed by atoms with E-state index in [9.17, 15) is 14.7 Å². The molecule has 1 aliphatic rings. The highest BCUT2D eigenvalue weighted by atomic mass is 32.2. The number of carboxylic acid groups (broad SMARTS) is 1. The fraction of sp³-hybridized carbons (Fsp3) is 0.667. The highest BCUT2D eigenvalue weighted by molar-refractivity contribution is 8.15. The van der Waals surface area contributed by atoms with Crippen molar-refractivity contribution in [2.75, 3.05) is 27.0 Å². The zero-order valence-electron chi connectivity index (χ0n) is 27.5. The van der Waals surface area contributed by atoms with Crippen LogP contribution in [0.25, 0.3) is 0 Å². The van der Waals surface area contributed by atoms with Crippen molar-refractivity contribution < 1.29 is 33.3 Å². The van der Waals surface area contributed by atoms with E-state index in [0.717, 1.165) is 17.8 Å². The summed E-state index contributed by atoms with van der Waals surface area (Å²) in [4.78, 5) is 37.7. The third-order valence-corrected chi connectivity index (χ3v) is 10.1. The number of carboxylic acids is 1. The molecular weight excluding hydrogens is 592 g/mol. The molecule has 1 amide bonds. The van der Waals surface area contributed by atoms with Crippen molar-refractivity contribution in [2.24, 2.45) is 9.98 Å². The van der Waals surface area contributed by atoms with Crippen LogP contribution in [0.5, 0.6) is 0 Å². The van der Waals surface area contributed by atoms with Crippen LogP contribution in [-0.2, 0) is 19.0 Å². The number of likely N-dealkylation sites (N-methyl/N-ethyl adjacent to an activating group) is 1. The summed E-state index contributed by atoms with van der Waals surface area (Å²) in [6.45, 7) is 21.6. The molecule has 1 N–H and O–H groups in total. The summed E-state index contributed by atoms with van der Waals surface area (Å²) in [6, 6.07) is 0.846. The molecule has 43 heavy (non-hydrogen) atoms. The fourth-order valence-electron chi connectivity index (χ4n) is 4.42. The first kappa shape index (κ1) is 38.2. The molecule has 1 heterocycles. The summed E-state index contributed by atoms with van der Waals surface area (Å²) in [7, 11) is 0.127. The molecule has 3 atom stereocenters. The molecule has 0 spiro atoms. The second-order valence-corrected chi connectivity index (χ2v) is 20.2. The summed E-state index contributed by atoms with van der Waals surface area (Å²) in [5.74, 6) is 0.697. The van der Waals surface area contributed by atoms with Crippen molar-refractivity contribution in [3.05, 3.63) is 24.0 Å². The molecule has 0 bridgehead atoms. The number of allylic oxidation sites excluding steroid dienone is 1. The lowest BCUT2D eigenvalue weighted by Crippen LogP contribution is -2.64. The van der Waals surface area contributed by atoms with Gasteiger partial charge in [-0.2, -0.15) is 0 Å². The minimum Gasteiger partial charge on any atom is -0.480 e. The Balaban J connectivity index is 3.93. The molecule has 2 unspecified atom stereocenters. The van der Waals surface area contributed by atoms with E-state index in [1.807, 2.05) is 0 Å². The molecule has 0 radical (unpaired) electrons. The second kappa shape index (κ2) is 14.8. The Bertz CT molecular complexity index is 1170. The Morgan fingerprint density at radius 1 is 1.30 bits per heavy atom. The average Bonchev–Trinajstić information content (AvgIpc) is 2.87. The number of rotatable bonds is 13. The normalized spacial score (nSPS) is 22.9. The number of aliphatic imine (C=N–C) groups is 2. The number of amides is 1. The number of carbonyl (C=O) groups is 2. The number of hydrogen-bond donors (Lipinski definition) is 1. The summed E-state index contributed by atoms with van der Waals surface area (Å²) >= 11 is 0.893. The monoisotopic (exact) mass is 640 g/mol. The lowest BCUT2D eigenvalue weighted by molar-refractivity contribution is -0.140. The lowest BCUT2D eigenvalue weighted by Gasteiger charge is -2.53. The zero-order chi connectivity index (χ0) is 33.4. The van der Waals surface area contributed by atoms with E-state index in [0.29, 0.717) is 6.61 Å². The molecule has 0 saturated carbocycles. The average molecular weight is 641 g/mol. The Kier molecular flexibility index (Phi) is 13.1. The molecule has 242 valence electrons. The van der Waals surface area contributed by atoms with Gasteiger partial charge in [-0.1, -0.05) is 43.4 Å². The van der Waals surface area contributed by atoms with Gasteiger partial charge in [0.05, 0.1) is 11.7 Å². The van der Waals surface area contributed by atoms with Crippen LogP contribution in [0, 0.1) is 12.3 Å². The van der Waals surface area contributed by atoms with Crippen molar-refractivity contribution in [1.29, 1.82) is 0 Å². The Morgan fingerprint density at radius 2 is 1.91 bits per heavy atom. The van der Waals surface area contributed by atoms with E-state index >= 15 is 4.39 Å². The molecule has 0 aromatic carbocycles. The van der Waals surface area contributed by atoms with Crippen molar-refractivity contribution in [2.45, 2.75) is 102 Å². The van der Waals surface area contributed by atoms with E-state index in [1.54, 1.807) is 41.7 Å². The molecule has 13 heteroatoms. The lowest BCUT2D eigenvalue weighted by atomic mass is 9.72. The van der Waals surface area contributed by atoms with Gasteiger partial charge in [0.2, 0.25) is 5.88 Å². The quantitative estimate of drug-likeness (QED) is 0.0620. The number of hydrogen-bond acceptors (Lipinski definition) is 9. The standard InChI is InChI=1S/C30H49FN4O6SSi/c1-14-16-40-23(19-32-9)34(10)30(8,22(31)15-2)29(7)20-28(6,24(36)37)42-25(33-29)35(26(38)41-27(3,4)5)21-39-17-18-43(11,12)13/h1,15,19H,9,16-18,20-21H2,2-8,10-13H3,(H,36,37)/b22-15+,23-19+/t28?,29-,30?/m0/s1. The smallest absolute Gasteiger partial charge is 0.418 e. The highest BCUT2D eigenvalue weighted by Crippen LogP contribution is 2.51. The van der Waals surface area contributed by atoms with Gasteiger partial charge in [-0.25, -0.2) is 14.1 Å². The van der Waals surface area contributed by atoms with Gasteiger partial charge < -0.3 is 24.2 Å². The predicted octanol–water partition coefficient (Wildman–Crippen LogP) is 6.34. The van der Waals surface area contributed by atoms with Gasteiger partial charge in [-0.3, -0.25) is 14.8 Å². The van der Waals surface area contributed by atoms with Crippen LogP contribution in [0.15, 0.2) is 34.0 Å². The third-order valence-electron chi connectivity index (χ3n) is 7.13. The molecule has 0 fully saturated rings. The molecular formula is C30H49FN4O6SSi. The van der Waals surface area contributed by atoms with Crippen molar-refractivity contribution >= 4 is 43.8 Å². The number of aliphatic carboxylic acids is 1. The van der Waals surface area contributed by atoms with Gasteiger partial charge in [-0.05, 0) is 61.2 Å². The van der Waals surface area contributed by atoms with Gasteiger partial charge in [0.25, 0.3) is 0 Å². The zero-order valence-corrected chi connectivity index (χ0v) is 29.4. The van der Waals surface area contributed by atoms with E-state index in [2.05, 4.69) is 37.3 Å². The third kappa shape index (κ3) is 9.84. The van der Waals surface area contributed by atoms with E-state index in [-0.39, 0.29) is 30.8 Å². The molecule has 0 aliphatic carbocycles. The first-order valence-corrected chi connectivity index (χ1v) is 18.5. The Morgan fingerprint density at radius 3 is 2.37 bits per heavy atom. The van der Waals surface area contributed by atoms with Gasteiger partial charge >= 0.3 is 12.1 Å². The van der Waals surface area contributed by atoms with Crippen LogP contribution in [0.3, 0.4) is 0 Å². The fourth-order valence-corrected chi connectivity index (χ4v) is 6.50. The first-order chi connectivity index (χ1) is 19.6. The van der Waals surface area contributed by atoms with Crippen molar-refractivity contribution in [3.8, 4) is 12.3 Å². The number of nitrogens with zero attached hydrogens (tertiary/aromatic N) is 4. The molecule has 0 aromatic rings. The van der Waals surface area contributed by atoms with Crippen molar-refractivity contribution in [1.82, 2.24) is 9.80 Å². The van der Waals surface area contributed by atoms with Gasteiger partial charge in [0.1, 0.15) is 28.4 Å². The summed E-state index contributed by atoms with van der Waals surface area (Å²) < 4.78 is 32.0. The van der Waals surface area contributed by atoms with Gasteiger partial charge in [-0.15, -0.1) is 6.42 Å². The summed E-state index contributed by atoms with van der Waals surface area (Å²) in [5, 5.41) is 10.5. The van der Waals surface area contributed by atoms with Crippen molar-refractivity contribution in [3.63, 3.8) is 0 Å². The van der Waals surface area contributed by atoms with Crippen LogP contribution in [0.4, 0.5) is 9.18 Å². The number of ether oxygens (including phenoxy) is 3. The molecule has 0 aromatic heterocycles. The number of terminal acetylenes is 1. The molecule has 10 nitrogen and oxygen atoms in total. The first-order valence-electron chi connectivity index (χ1n) is 14.0. The van der Waals surface area contributed by atoms with Crippen LogP contribution in [-0.4, -0.2) is 95.3 Å². The second-order valence-electron chi connectivity index (χ2n) is 13.2. The predicted molar refractivity (Wildman–Crippen MR) is 175 cm³/mol. The Labute approximate surface area is 261 Å². The molecule has 0 saturated heterocycles. The van der Waals surface area contributed by atoms with E-state index < -0.39 is 47.4 Å². The van der Waals surface area contributed by atoms with Crippen LogP contribution >= 0.6 is 11.8 Å². The van der Waals surface area contributed by atoms with Crippen LogP contribution in [0.2, 0.25) is 25.7 Å².